The van der Waals surface area contributed by atoms with Crippen LogP contribution >= 0.6 is 0 Å². The minimum Gasteiger partial charge on any atom is -0.472 e. The quantitative estimate of drug-likeness (QED) is 0.748. The molecule has 0 radical (unpaired) electrons. The first-order valence-corrected chi connectivity index (χ1v) is 7.61. The van der Waals surface area contributed by atoms with Gasteiger partial charge in [-0.1, -0.05) is 6.07 Å². The Hall–Kier alpha value is -2.11. The number of esters is 1. The Bertz CT molecular complexity index is 515. The van der Waals surface area contributed by atoms with E-state index in [-0.39, 0.29) is 30.8 Å². The van der Waals surface area contributed by atoms with Crippen molar-refractivity contribution in [3.8, 4) is 5.88 Å². The number of aryl methyl sites for hydroxylation is 1. The molecule has 1 aliphatic heterocycles. The Morgan fingerprint density at radius 2 is 2.18 bits per heavy atom. The lowest BCUT2D eigenvalue weighted by Crippen LogP contribution is -2.31. The van der Waals surface area contributed by atoms with E-state index in [1.54, 1.807) is 18.0 Å². The number of nitrogens with zero attached hydrogens (tertiary/aromatic N) is 2. The highest BCUT2D eigenvalue weighted by molar-refractivity contribution is 5.81. The van der Waals surface area contributed by atoms with Gasteiger partial charge in [0.05, 0.1) is 19.6 Å². The van der Waals surface area contributed by atoms with Gasteiger partial charge in [-0.3, -0.25) is 9.59 Å². The number of amides is 1. The predicted octanol–water partition coefficient (Wildman–Crippen LogP) is 1.71. The smallest absolute Gasteiger partial charge is 0.306 e. The largest absolute Gasteiger partial charge is 0.472 e. The number of likely N-dealkylation sites (tertiary alicyclic amines) is 1. The number of hydrogen-bond donors (Lipinski definition) is 0. The monoisotopic (exact) mass is 306 g/mol. The van der Waals surface area contributed by atoms with E-state index < -0.39 is 0 Å². The van der Waals surface area contributed by atoms with E-state index in [0.717, 1.165) is 12.0 Å². The molecule has 22 heavy (non-hydrogen) atoms. The van der Waals surface area contributed by atoms with Gasteiger partial charge >= 0.3 is 5.97 Å². The number of aromatic nitrogens is 1. The lowest BCUT2D eigenvalue weighted by atomic mass is 10.3. The fourth-order valence-electron chi connectivity index (χ4n) is 2.35. The Morgan fingerprint density at radius 3 is 2.86 bits per heavy atom. The number of carbonyl (C=O) groups excluding carboxylic acids is 2. The third-order valence-corrected chi connectivity index (χ3v) is 3.52. The maximum atomic E-state index is 12.0. The van der Waals surface area contributed by atoms with E-state index in [1.807, 2.05) is 19.1 Å². The van der Waals surface area contributed by atoms with Crippen molar-refractivity contribution in [1.82, 2.24) is 9.88 Å². The number of rotatable bonds is 6. The molecule has 120 valence electrons. The van der Waals surface area contributed by atoms with Gasteiger partial charge in [0, 0.05) is 31.6 Å². The van der Waals surface area contributed by atoms with Gasteiger partial charge in [0.2, 0.25) is 11.8 Å². The molecule has 0 spiro atoms. The van der Waals surface area contributed by atoms with Crippen LogP contribution in [0, 0.1) is 6.92 Å². The standard InChI is InChI=1S/C16H22N2O4/c1-3-21-16(20)7-6-15(19)18-9-8-13(11-18)22-14-5-4-12(2)10-17-14/h4-5,10,13H,3,6-9,11H2,1-2H3/t13-/m1/s1. The molecule has 0 unspecified atom stereocenters. The van der Waals surface area contributed by atoms with Crippen molar-refractivity contribution in [2.24, 2.45) is 0 Å². The summed E-state index contributed by atoms with van der Waals surface area (Å²) in [4.78, 5) is 29.3. The zero-order valence-corrected chi connectivity index (χ0v) is 13.1. The zero-order valence-electron chi connectivity index (χ0n) is 13.1. The van der Waals surface area contributed by atoms with Gasteiger partial charge in [0.15, 0.2) is 0 Å². The second-order valence-corrected chi connectivity index (χ2v) is 5.35. The molecule has 0 bridgehead atoms. The van der Waals surface area contributed by atoms with Crippen LogP contribution in [-0.2, 0) is 14.3 Å². The molecule has 0 N–H and O–H groups in total. The van der Waals surface area contributed by atoms with Crippen LogP contribution in [0.5, 0.6) is 5.88 Å². The summed E-state index contributed by atoms with van der Waals surface area (Å²) < 4.78 is 10.6. The van der Waals surface area contributed by atoms with Crippen LogP contribution < -0.4 is 4.74 Å². The van der Waals surface area contributed by atoms with E-state index in [0.29, 0.717) is 25.6 Å². The summed E-state index contributed by atoms with van der Waals surface area (Å²) in [5.41, 5.74) is 1.08. The molecular weight excluding hydrogens is 284 g/mol. The molecule has 2 rings (SSSR count). The Balaban J connectivity index is 1.76. The molecule has 1 aromatic rings. The highest BCUT2D eigenvalue weighted by Crippen LogP contribution is 2.17. The molecule has 1 aliphatic rings. The molecule has 1 atom stereocenters. The molecule has 2 heterocycles. The summed E-state index contributed by atoms with van der Waals surface area (Å²) in [5, 5.41) is 0. The summed E-state index contributed by atoms with van der Waals surface area (Å²) in [7, 11) is 0. The van der Waals surface area contributed by atoms with E-state index in [4.69, 9.17) is 9.47 Å². The van der Waals surface area contributed by atoms with Gasteiger partial charge < -0.3 is 14.4 Å². The molecule has 1 aromatic heterocycles. The first kappa shape index (κ1) is 16.3. The van der Waals surface area contributed by atoms with Crippen LogP contribution in [0.15, 0.2) is 18.3 Å². The second-order valence-electron chi connectivity index (χ2n) is 5.35. The zero-order chi connectivity index (χ0) is 15.9. The maximum Gasteiger partial charge on any atom is 0.306 e. The fraction of sp³-hybridized carbons (Fsp3) is 0.562. The first-order valence-electron chi connectivity index (χ1n) is 7.61. The molecule has 6 nitrogen and oxygen atoms in total. The van der Waals surface area contributed by atoms with Crippen molar-refractivity contribution in [2.45, 2.75) is 39.2 Å². The minimum absolute atomic E-state index is 0.0315. The summed E-state index contributed by atoms with van der Waals surface area (Å²) in [6.45, 7) is 5.25. The van der Waals surface area contributed by atoms with Crippen LogP contribution in [0.4, 0.5) is 0 Å². The fourth-order valence-corrected chi connectivity index (χ4v) is 2.35. The van der Waals surface area contributed by atoms with Gasteiger partial charge in [-0.05, 0) is 19.4 Å². The van der Waals surface area contributed by atoms with Gasteiger partial charge in [0.1, 0.15) is 6.10 Å². The highest BCUT2D eigenvalue weighted by Gasteiger charge is 2.27. The number of hydrogen-bond acceptors (Lipinski definition) is 5. The number of ether oxygens (including phenoxy) is 2. The topological polar surface area (TPSA) is 68.7 Å². The molecule has 1 fully saturated rings. The third-order valence-electron chi connectivity index (χ3n) is 3.52. The lowest BCUT2D eigenvalue weighted by molar-refractivity contribution is -0.145. The van der Waals surface area contributed by atoms with Crippen molar-refractivity contribution >= 4 is 11.9 Å². The lowest BCUT2D eigenvalue weighted by Gasteiger charge is -2.16. The van der Waals surface area contributed by atoms with Crippen molar-refractivity contribution in [2.75, 3.05) is 19.7 Å². The summed E-state index contributed by atoms with van der Waals surface area (Å²) >= 11 is 0. The Morgan fingerprint density at radius 1 is 1.36 bits per heavy atom. The van der Waals surface area contributed by atoms with Gasteiger partial charge in [-0.15, -0.1) is 0 Å². The summed E-state index contributed by atoms with van der Waals surface area (Å²) in [5.74, 6) is 0.221. The van der Waals surface area contributed by atoms with Crippen molar-refractivity contribution in [3.63, 3.8) is 0 Å². The molecule has 0 saturated carbocycles. The summed E-state index contributed by atoms with van der Waals surface area (Å²) in [6, 6.07) is 3.78. The van der Waals surface area contributed by atoms with Crippen molar-refractivity contribution in [3.05, 3.63) is 23.9 Å². The Kier molecular flexibility index (Phi) is 5.75. The molecule has 0 aliphatic carbocycles. The molecule has 1 saturated heterocycles. The molecule has 1 amide bonds. The normalized spacial score (nSPS) is 17.4. The van der Waals surface area contributed by atoms with E-state index in [9.17, 15) is 9.59 Å². The maximum absolute atomic E-state index is 12.0. The Labute approximate surface area is 130 Å². The molecular formula is C16H22N2O4. The van der Waals surface area contributed by atoms with Crippen LogP contribution in [-0.4, -0.2) is 47.6 Å². The van der Waals surface area contributed by atoms with Gasteiger partial charge in [-0.2, -0.15) is 0 Å². The van der Waals surface area contributed by atoms with E-state index >= 15 is 0 Å². The molecule has 0 aromatic carbocycles. The summed E-state index contributed by atoms with van der Waals surface area (Å²) in [6.07, 6.45) is 2.82. The van der Waals surface area contributed by atoms with E-state index in [2.05, 4.69) is 4.98 Å². The third kappa shape index (κ3) is 4.72. The van der Waals surface area contributed by atoms with Crippen LogP contribution in [0.25, 0.3) is 0 Å². The van der Waals surface area contributed by atoms with Gasteiger partial charge in [-0.25, -0.2) is 4.98 Å². The van der Waals surface area contributed by atoms with Crippen LogP contribution in [0.3, 0.4) is 0 Å². The first-order chi connectivity index (χ1) is 10.6. The van der Waals surface area contributed by atoms with Crippen LogP contribution in [0.2, 0.25) is 0 Å². The number of carbonyl (C=O) groups is 2. The van der Waals surface area contributed by atoms with Crippen molar-refractivity contribution < 1.29 is 19.1 Å². The van der Waals surface area contributed by atoms with E-state index in [1.165, 1.54) is 0 Å². The highest BCUT2D eigenvalue weighted by atomic mass is 16.5. The second kappa shape index (κ2) is 7.77. The SMILES string of the molecule is CCOC(=O)CCC(=O)N1CC[C@@H](Oc2ccc(C)cn2)C1. The molecule has 6 heteroatoms. The number of pyridine rings is 1. The average Bonchev–Trinajstić information content (AvgIpc) is 2.96. The van der Waals surface area contributed by atoms with Gasteiger partial charge in [0.25, 0.3) is 0 Å². The average molecular weight is 306 g/mol. The minimum atomic E-state index is -0.327. The van der Waals surface area contributed by atoms with Crippen molar-refractivity contribution in [1.29, 1.82) is 0 Å². The van der Waals surface area contributed by atoms with Crippen LogP contribution in [0.1, 0.15) is 31.7 Å². The predicted molar refractivity (Wildman–Crippen MR) is 80.5 cm³/mol.